The van der Waals surface area contributed by atoms with Crippen LogP contribution in [0.1, 0.15) is 28.5 Å². The first-order valence-electron chi connectivity index (χ1n) is 8.83. The van der Waals surface area contributed by atoms with Crippen molar-refractivity contribution in [3.05, 3.63) is 94.0 Å². The van der Waals surface area contributed by atoms with E-state index in [0.717, 1.165) is 16.6 Å². The fourth-order valence-corrected chi connectivity index (χ4v) is 3.43. The Balaban J connectivity index is 1.94. The van der Waals surface area contributed by atoms with Gasteiger partial charge in [0.25, 0.3) is 0 Å². The minimum Gasteiger partial charge on any atom is -0.422 e. The predicted octanol–water partition coefficient (Wildman–Crippen LogP) is 4.82. The maximum absolute atomic E-state index is 12.7. The Morgan fingerprint density at radius 2 is 1.70 bits per heavy atom. The number of carbonyl (C=O) groups is 1. The van der Waals surface area contributed by atoms with Gasteiger partial charge in [-0.2, -0.15) is 0 Å². The van der Waals surface area contributed by atoms with Crippen molar-refractivity contribution < 1.29 is 9.21 Å². The van der Waals surface area contributed by atoms with E-state index in [-0.39, 0.29) is 5.78 Å². The van der Waals surface area contributed by atoms with Crippen LogP contribution in [0, 0.1) is 6.92 Å². The molecular weight excluding hydrogens is 338 g/mol. The number of hydrogen-bond donors (Lipinski definition) is 0. The summed E-state index contributed by atoms with van der Waals surface area (Å²) in [6.07, 6.45) is 0. The highest BCUT2D eigenvalue weighted by atomic mass is 16.4. The monoisotopic (exact) mass is 357 g/mol. The van der Waals surface area contributed by atoms with Gasteiger partial charge in [0, 0.05) is 23.2 Å². The molecule has 0 atom stereocenters. The van der Waals surface area contributed by atoms with Crippen molar-refractivity contribution in [1.29, 1.82) is 0 Å². The molecular formula is C23H19NO3. The van der Waals surface area contributed by atoms with Crippen LogP contribution in [0.25, 0.3) is 22.2 Å². The second kappa shape index (κ2) is 6.72. The van der Waals surface area contributed by atoms with Gasteiger partial charge in [-0.3, -0.25) is 4.79 Å². The summed E-state index contributed by atoms with van der Waals surface area (Å²) >= 11 is 0. The Morgan fingerprint density at radius 3 is 2.44 bits per heavy atom. The molecule has 0 N–H and O–H groups in total. The van der Waals surface area contributed by atoms with Gasteiger partial charge >= 0.3 is 5.63 Å². The minimum atomic E-state index is -0.407. The van der Waals surface area contributed by atoms with Crippen LogP contribution in [0.5, 0.6) is 0 Å². The summed E-state index contributed by atoms with van der Waals surface area (Å²) in [5.41, 5.74) is 3.85. The average molecular weight is 357 g/mol. The van der Waals surface area contributed by atoms with Gasteiger partial charge in [-0.15, -0.1) is 0 Å². The van der Waals surface area contributed by atoms with Gasteiger partial charge in [-0.25, -0.2) is 4.79 Å². The third-order valence-corrected chi connectivity index (χ3v) is 4.85. The summed E-state index contributed by atoms with van der Waals surface area (Å²) in [7, 11) is 0. The van der Waals surface area contributed by atoms with E-state index in [9.17, 15) is 9.59 Å². The maximum atomic E-state index is 12.7. The van der Waals surface area contributed by atoms with Crippen LogP contribution >= 0.6 is 0 Å². The fraction of sp³-hybridized carbons (Fsp3) is 0.130. The zero-order chi connectivity index (χ0) is 19.0. The third-order valence-electron chi connectivity index (χ3n) is 4.85. The molecule has 0 unspecified atom stereocenters. The summed E-state index contributed by atoms with van der Waals surface area (Å²) in [6, 6.07) is 21.0. The molecule has 4 aromatic rings. The lowest BCUT2D eigenvalue weighted by Crippen LogP contribution is -2.09. The molecule has 0 fully saturated rings. The van der Waals surface area contributed by atoms with E-state index in [1.165, 1.54) is 0 Å². The van der Waals surface area contributed by atoms with E-state index in [4.69, 9.17) is 4.42 Å². The van der Waals surface area contributed by atoms with Gasteiger partial charge in [0.2, 0.25) is 0 Å². The van der Waals surface area contributed by atoms with Crippen molar-refractivity contribution in [2.45, 2.75) is 20.4 Å². The van der Waals surface area contributed by atoms with Gasteiger partial charge in [-0.1, -0.05) is 48.5 Å². The molecule has 27 heavy (non-hydrogen) atoms. The molecule has 0 amide bonds. The smallest absolute Gasteiger partial charge is 0.345 e. The SMILES string of the molecule is CC(=O)c1cc(-c2cc3ccccc3oc2=O)n(Cc2ccccc2)c1C. The largest absolute Gasteiger partial charge is 0.422 e. The van der Waals surface area contributed by atoms with Crippen LogP contribution in [-0.2, 0) is 6.54 Å². The van der Waals surface area contributed by atoms with Crippen LogP contribution in [0.3, 0.4) is 0 Å². The van der Waals surface area contributed by atoms with Crippen LogP contribution < -0.4 is 5.63 Å². The number of carbonyl (C=O) groups excluding carboxylic acids is 1. The third kappa shape index (κ3) is 3.10. The zero-order valence-corrected chi connectivity index (χ0v) is 15.2. The summed E-state index contributed by atoms with van der Waals surface area (Å²) in [4.78, 5) is 24.8. The van der Waals surface area contributed by atoms with E-state index in [1.807, 2.05) is 66.1 Å². The molecule has 0 saturated heterocycles. The molecule has 134 valence electrons. The van der Waals surface area contributed by atoms with Crippen molar-refractivity contribution in [2.75, 3.05) is 0 Å². The number of Topliss-reactive ketones (excluding diaryl/α,β-unsaturated/α-hetero) is 1. The van der Waals surface area contributed by atoms with E-state index in [1.54, 1.807) is 19.1 Å². The topological polar surface area (TPSA) is 52.2 Å². The molecule has 4 heteroatoms. The van der Waals surface area contributed by atoms with Crippen molar-refractivity contribution in [3.63, 3.8) is 0 Å². The lowest BCUT2D eigenvalue weighted by atomic mass is 10.1. The van der Waals surface area contributed by atoms with Gasteiger partial charge < -0.3 is 8.98 Å². The summed E-state index contributed by atoms with van der Waals surface area (Å²) in [6.45, 7) is 4.02. The maximum Gasteiger partial charge on any atom is 0.345 e. The normalized spacial score (nSPS) is 11.0. The molecule has 0 aliphatic carbocycles. The molecule has 0 spiro atoms. The van der Waals surface area contributed by atoms with E-state index < -0.39 is 5.63 Å². The first kappa shape index (κ1) is 17.0. The molecule has 0 aliphatic heterocycles. The number of fused-ring (bicyclic) bond motifs is 1. The number of ketones is 1. The molecule has 4 rings (SSSR count). The van der Waals surface area contributed by atoms with Crippen LogP contribution in [0.2, 0.25) is 0 Å². The van der Waals surface area contributed by atoms with E-state index in [0.29, 0.717) is 28.9 Å². The summed E-state index contributed by atoms with van der Waals surface area (Å²) in [5.74, 6) is -0.0225. The first-order chi connectivity index (χ1) is 13.0. The molecule has 2 aromatic carbocycles. The van der Waals surface area contributed by atoms with Crippen molar-refractivity contribution in [2.24, 2.45) is 0 Å². The van der Waals surface area contributed by atoms with Crippen LogP contribution in [-0.4, -0.2) is 10.4 Å². The Hall–Kier alpha value is -3.40. The number of nitrogens with zero attached hydrogens (tertiary/aromatic N) is 1. The second-order valence-electron chi connectivity index (χ2n) is 6.64. The van der Waals surface area contributed by atoms with E-state index >= 15 is 0 Å². The van der Waals surface area contributed by atoms with Crippen LogP contribution in [0.4, 0.5) is 0 Å². The first-order valence-corrected chi connectivity index (χ1v) is 8.83. The number of hydrogen-bond acceptors (Lipinski definition) is 3. The molecule has 4 nitrogen and oxygen atoms in total. The number of para-hydroxylation sites is 1. The molecule has 0 radical (unpaired) electrons. The lowest BCUT2D eigenvalue weighted by molar-refractivity contribution is 0.101. The van der Waals surface area contributed by atoms with E-state index in [2.05, 4.69) is 0 Å². The fourth-order valence-electron chi connectivity index (χ4n) is 3.43. The Kier molecular flexibility index (Phi) is 4.24. The average Bonchev–Trinajstić information content (AvgIpc) is 2.99. The second-order valence-corrected chi connectivity index (χ2v) is 6.64. The number of benzene rings is 2. The van der Waals surface area contributed by atoms with Crippen LogP contribution in [0.15, 0.2) is 75.9 Å². The Bertz CT molecular complexity index is 1200. The molecule has 2 heterocycles. The Labute approximate surface area is 156 Å². The summed E-state index contributed by atoms with van der Waals surface area (Å²) in [5, 5.41) is 0.849. The standard InChI is InChI=1S/C23H19NO3/c1-15-19(16(2)25)13-21(24(15)14-17-8-4-3-5-9-17)20-12-18-10-6-7-11-22(18)27-23(20)26/h3-13H,14H2,1-2H3. The van der Waals surface area contributed by atoms with Gasteiger partial charge in [0.05, 0.1) is 11.3 Å². The van der Waals surface area contributed by atoms with Crippen molar-refractivity contribution in [3.8, 4) is 11.3 Å². The number of rotatable bonds is 4. The highest BCUT2D eigenvalue weighted by Gasteiger charge is 2.19. The van der Waals surface area contributed by atoms with Gasteiger partial charge in [-0.05, 0) is 37.6 Å². The zero-order valence-electron chi connectivity index (χ0n) is 15.2. The molecule has 0 aliphatic rings. The highest BCUT2D eigenvalue weighted by molar-refractivity contribution is 5.97. The van der Waals surface area contributed by atoms with Crippen molar-refractivity contribution >= 4 is 16.8 Å². The number of aromatic nitrogens is 1. The predicted molar refractivity (Wildman–Crippen MR) is 106 cm³/mol. The molecule has 2 aromatic heterocycles. The lowest BCUT2D eigenvalue weighted by Gasteiger charge is -2.12. The minimum absolute atomic E-state index is 0.0225. The quantitative estimate of drug-likeness (QED) is 0.389. The van der Waals surface area contributed by atoms with Gasteiger partial charge in [0.15, 0.2) is 5.78 Å². The van der Waals surface area contributed by atoms with Gasteiger partial charge in [0.1, 0.15) is 5.58 Å². The summed E-state index contributed by atoms with van der Waals surface area (Å²) < 4.78 is 7.52. The molecule has 0 saturated carbocycles. The highest BCUT2D eigenvalue weighted by Crippen LogP contribution is 2.27. The Morgan fingerprint density at radius 1 is 1.00 bits per heavy atom. The van der Waals surface area contributed by atoms with Crippen molar-refractivity contribution in [1.82, 2.24) is 4.57 Å². The molecule has 0 bridgehead atoms.